The molecule has 0 bridgehead atoms. The summed E-state index contributed by atoms with van der Waals surface area (Å²) in [5, 5.41) is 1.76. The van der Waals surface area contributed by atoms with Crippen LogP contribution in [-0.4, -0.2) is 8.42 Å². The van der Waals surface area contributed by atoms with Gasteiger partial charge >= 0.3 is 6.18 Å². The standard InChI is InChI=1S/C23H14Cl3F3NO2S2/c24-19-13-17(30-34(31,32)22-10-6-16(12-20(22)25)23(27,28)29)7-9-21(19)33(26)18-8-5-14-3-1-2-4-15(14)11-18/h1-13,30H/q+1. The Morgan fingerprint density at radius 3 is 2.15 bits per heavy atom. The topological polar surface area (TPSA) is 46.2 Å². The Labute approximate surface area is 211 Å². The molecule has 4 aromatic rings. The predicted octanol–water partition coefficient (Wildman–Crippen LogP) is 8.16. The molecule has 0 aliphatic heterocycles. The molecular formula is C23H14Cl3F3NO2S2+. The summed E-state index contributed by atoms with van der Waals surface area (Å²) in [4.78, 5) is 0.942. The molecule has 4 rings (SSSR count). The minimum atomic E-state index is -4.65. The van der Waals surface area contributed by atoms with Gasteiger partial charge in [-0.1, -0.05) is 47.5 Å². The van der Waals surface area contributed by atoms with Crippen molar-refractivity contribution >= 4 is 70.5 Å². The highest BCUT2D eigenvalue weighted by Gasteiger charge is 2.32. The minimum absolute atomic E-state index is 0.108. The quantitative estimate of drug-likeness (QED) is 0.249. The van der Waals surface area contributed by atoms with Gasteiger partial charge in [0.1, 0.15) is 4.90 Å². The molecule has 1 N–H and O–H groups in total. The predicted molar refractivity (Wildman–Crippen MR) is 132 cm³/mol. The molecule has 1 atom stereocenters. The van der Waals surface area contributed by atoms with E-state index >= 15 is 0 Å². The smallest absolute Gasteiger partial charge is 0.280 e. The molecule has 0 amide bonds. The van der Waals surface area contributed by atoms with Gasteiger partial charge in [-0.2, -0.15) is 13.2 Å². The van der Waals surface area contributed by atoms with Gasteiger partial charge in [0.2, 0.25) is 0 Å². The number of benzene rings is 4. The van der Waals surface area contributed by atoms with E-state index in [1.54, 1.807) is 6.07 Å². The summed E-state index contributed by atoms with van der Waals surface area (Å²) in [5.74, 6) is 0. The molecular weight excluding hydrogens is 550 g/mol. The molecule has 3 nitrogen and oxygen atoms in total. The van der Waals surface area contributed by atoms with Crippen molar-refractivity contribution < 1.29 is 21.6 Å². The van der Waals surface area contributed by atoms with Gasteiger partial charge in [-0.05, 0) is 59.3 Å². The molecule has 176 valence electrons. The van der Waals surface area contributed by atoms with Crippen LogP contribution in [0.4, 0.5) is 18.9 Å². The summed E-state index contributed by atoms with van der Waals surface area (Å²) in [6.45, 7) is 0. The average molecular weight is 564 g/mol. The number of hydrogen-bond donors (Lipinski definition) is 1. The van der Waals surface area contributed by atoms with E-state index in [-0.39, 0.29) is 10.7 Å². The fourth-order valence-electron chi connectivity index (χ4n) is 3.22. The van der Waals surface area contributed by atoms with E-state index in [0.717, 1.165) is 21.7 Å². The Morgan fingerprint density at radius 1 is 0.794 bits per heavy atom. The molecule has 11 heteroatoms. The third kappa shape index (κ3) is 5.26. The maximum atomic E-state index is 12.8. The molecule has 0 aliphatic rings. The first-order valence-electron chi connectivity index (χ1n) is 9.54. The van der Waals surface area contributed by atoms with Crippen LogP contribution in [-0.2, 0) is 26.3 Å². The maximum absolute atomic E-state index is 12.8. The van der Waals surface area contributed by atoms with Crippen molar-refractivity contribution in [2.24, 2.45) is 0 Å². The first-order chi connectivity index (χ1) is 16.0. The number of hydrogen-bond acceptors (Lipinski definition) is 2. The molecule has 0 saturated heterocycles. The van der Waals surface area contributed by atoms with E-state index in [9.17, 15) is 21.6 Å². The van der Waals surface area contributed by atoms with Crippen molar-refractivity contribution in [2.75, 3.05) is 4.72 Å². The lowest BCUT2D eigenvalue weighted by molar-refractivity contribution is -0.137. The first kappa shape index (κ1) is 25.0. The number of halogens is 6. The minimum Gasteiger partial charge on any atom is -0.280 e. The van der Waals surface area contributed by atoms with E-state index in [1.165, 1.54) is 12.1 Å². The zero-order valence-electron chi connectivity index (χ0n) is 16.9. The summed E-state index contributed by atoms with van der Waals surface area (Å²) in [5.41, 5.74) is -0.941. The van der Waals surface area contributed by atoms with Crippen molar-refractivity contribution in [3.8, 4) is 0 Å². The lowest BCUT2D eigenvalue weighted by Gasteiger charge is -2.12. The van der Waals surface area contributed by atoms with Gasteiger partial charge in [0.05, 0.1) is 21.3 Å². The number of sulfonamides is 1. The van der Waals surface area contributed by atoms with Crippen molar-refractivity contribution in [1.82, 2.24) is 0 Å². The zero-order valence-corrected chi connectivity index (χ0v) is 20.8. The molecule has 0 aromatic heterocycles. The van der Waals surface area contributed by atoms with E-state index in [2.05, 4.69) is 4.72 Å². The molecule has 34 heavy (non-hydrogen) atoms. The SMILES string of the molecule is O=S(=O)(Nc1ccc([S+](Cl)c2ccc3ccccc3c2)c(Cl)c1)c1ccc(C(F)(F)F)cc1Cl. The second kappa shape index (κ2) is 9.51. The molecule has 0 spiro atoms. The highest BCUT2D eigenvalue weighted by Crippen LogP contribution is 2.37. The maximum Gasteiger partial charge on any atom is 0.416 e. The van der Waals surface area contributed by atoms with Crippen LogP contribution in [0.1, 0.15) is 5.56 Å². The van der Waals surface area contributed by atoms with Crippen LogP contribution >= 0.6 is 33.9 Å². The van der Waals surface area contributed by atoms with Crippen LogP contribution in [0.25, 0.3) is 10.8 Å². The van der Waals surface area contributed by atoms with E-state index in [0.29, 0.717) is 17.0 Å². The van der Waals surface area contributed by atoms with Crippen LogP contribution in [0.15, 0.2) is 93.5 Å². The molecule has 0 heterocycles. The largest absolute Gasteiger partial charge is 0.416 e. The Bertz CT molecular complexity index is 1490. The highest BCUT2D eigenvalue weighted by atomic mass is 35.7. The summed E-state index contributed by atoms with van der Waals surface area (Å²) in [6.07, 6.45) is -4.65. The van der Waals surface area contributed by atoms with Crippen molar-refractivity contribution in [2.45, 2.75) is 20.9 Å². The third-order valence-electron chi connectivity index (χ3n) is 4.85. The van der Waals surface area contributed by atoms with E-state index < -0.39 is 41.8 Å². The van der Waals surface area contributed by atoms with Gasteiger partial charge in [0, 0.05) is 6.07 Å². The Kier molecular flexibility index (Phi) is 6.99. The normalized spacial score (nSPS) is 13.1. The van der Waals surface area contributed by atoms with Crippen molar-refractivity contribution in [3.05, 3.63) is 94.5 Å². The number of alkyl halides is 3. The molecule has 1 unspecified atom stereocenters. The second-order valence-electron chi connectivity index (χ2n) is 7.16. The monoisotopic (exact) mass is 562 g/mol. The number of anilines is 1. The fraction of sp³-hybridized carbons (Fsp3) is 0.0435. The van der Waals surface area contributed by atoms with Gasteiger partial charge < -0.3 is 0 Å². The van der Waals surface area contributed by atoms with Crippen LogP contribution in [0.2, 0.25) is 10.0 Å². The zero-order chi connectivity index (χ0) is 24.7. The van der Waals surface area contributed by atoms with Gasteiger partial charge in [-0.25, -0.2) is 8.42 Å². The number of rotatable bonds is 5. The van der Waals surface area contributed by atoms with Gasteiger partial charge in [-0.3, -0.25) is 4.72 Å². The van der Waals surface area contributed by atoms with Crippen LogP contribution in [0.5, 0.6) is 0 Å². The van der Waals surface area contributed by atoms with Crippen LogP contribution < -0.4 is 4.72 Å². The first-order valence-corrected chi connectivity index (χ1v) is 13.8. The highest BCUT2D eigenvalue weighted by molar-refractivity contribution is 8.18. The summed E-state index contributed by atoms with van der Waals surface area (Å²) >= 11 is 12.2. The molecule has 0 aliphatic carbocycles. The molecule has 0 radical (unpaired) electrons. The molecule has 4 aromatic carbocycles. The van der Waals surface area contributed by atoms with Gasteiger partial charge in [-0.15, -0.1) is 0 Å². The van der Waals surface area contributed by atoms with Gasteiger partial charge in [0.15, 0.2) is 30.6 Å². The Morgan fingerprint density at radius 2 is 1.50 bits per heavy atom. The second-order valence-corrected chi connectivity index (χ2v) is 12.0. The number of fused-ring (bicyclic) bond motifs is 1. The van der Waals surface area contributed by atoms with E-state index in [1.807, 2.05) is 42.5 Å². The molecule has 0 saturated carbocycles. The van der Waals surface area contributed by atoms with E-state index in [4.69, 9.17) is 33.9 Å². The molecule has 0 fully saturated rings. The fourth-order valence-corrected chi connectivity index (χ4v) is 7.13. The number of nitrogens with one attached hydrogen (secondary N) is 1. The van der Waals surface area contributed by atoms with Gasteiger partial charge in [0.25, 0.3) is 10.0 Å². The lowest BCUT2D eigenvalue weighted by Crippen LogP contribution is -2.14. The summed E-state index contributed by atoms with van der Waals surface area (Å²) < 4.78 is 66.2. The Hall–Kier alpha value is -2.10. The summed E-state index contributed by atoms with van der Waals surface area (Å²) in [7, 11) is 1.50. The summed E-state index contributed by atoms with van der Waals surface area (Å²) in [6, 6.07) is 20.1. The van der Waals surface area contributed by atoms with Crippen LogP contribution in [0.3, 0.4) is 0 Å². The van der Waals surface area contributed by atoms with Crippen molar-refractivity contribution in [1.29, 1.82) is 0 Å². The van der Waals surface area contributed by atoms with Crippen molar-refractivity contribution in [3.63, 3.8) is 0 Å². The third-order valence-corrected chi connectivity index (χ3v) is 9.59. The van der Waals surface area contributed by atoms with Crippen LogP contribution in [0, 0.1) is 0 Å². The lowest BCUT2D eigenvalue weighted by atomic mass is 10.1. The Balaban J connectivity index is 1.59. The average Bonchev–Trinajstić information content (AvgIpc) is 2.77.